The fourth-order valence-electron chi connectivity index (χ4n) is 1.81. The topological polar surface area (TPSA) is 83.5 Å². The minimum atomic E-state index is -3.93. The van der Waals surface area contributed by atoms with Gasteiger partial charge in [-0.1, -0.05) is 43.0 Å². The van der Waals surface area contributed by atoms with E-state index in [0.29, 0.717) is 6.42 Å². The molecule has 1 rings (SSSR count). The summed E-state index contributed by atoms with van der Waals surface area (Å²) in [5, 5.41) is 8.67. The van der Waals surface area contributed by atoms with E-state index in [1.54, 1.807) is 6.92 Å². The first kappa shape index (κ1) is 18.2. The summed E-state index contributed by atoms with van der Waals surface area (Å²) in [4.78, 5) is 10.7. The minimum Gasteiger partial charge on any atom is -0.478 e. The average molecular weight is 354 g/mol. The predicted molar refractivity (Wildman–Crippen MR) is 82.7 cm³/mol. The van der Waals surface area contributed by atoms with Crippen molar-refractivity contribution in [3.05, 3.63) is 27.7 Å². The van der Waals surface area contributed by atoms with E-state index in [9.17, 15) is 13.2 Å². The van der Waals surface area contributed by atoms with Crippen LogP contribution in [0.3, 0.4) is 0 Å². The molecule has 0 aliphatic heterocycles. The van der Waals surface area contributed by atoms with Gasteiger partial charge in [0, 0.05) is 11.1 Å². The van der Waals surface area contributed by atoms with Gasteiger partial charge in [0.15, 0.2) is 0 Å². The molecule has 0 bridgehead atoms. The van der Waals surface area contributed by atoms with Crippen molar-refractivity contribution in [2.24, 2.45) is 0 Å². The molecule has 0 amide bonds. The van der Waals surface area contributed by atoms with Crippen LogP contribution in [-0.2, 0) is 10.0 Å². The Labute approximate surface area is 134 Å². The first-order chi connectivity index (χ1) is 9.69. The van der Waals surface area contributed by atoms with Crippen LogP contribution in [0.1, 0.15) is 43.5 Å². The second-order valence-electron chi connectivity index (χ2n) is 4.74. The number of sulfonamides is 1. The van der Waals surface area contributed by atoms with Gasteiger partial charge in [0.05, 0.1) is 10.6 Å². The number of hydrogen-bond acceptors (Lipinski definition) is 3. The fraction of sp³-hybridized carbons (Fsp3) is 0.462. The lowest BCUT2D eigenvalue weighted by Gasteiger charge is -2.15. The summed E-state index contributed by atoms with van der Waals surface area (Å²) in [5.74, 6) is -1.34. The number of carboxylic acids is 1. The molecule has 1 unspecified atom stereocenters. The Morgan fingerprint density at radius 3 is 2.52 bits per heavy atom. The second-order valence-corrected chi connectivity index (χ2v) is 7.23. The van der Waals surface area contributed by atoms with Gasteiger partial charge in [-0.25, -0.2) is 17.9 Å². The quantitative estimate of drug-likeness (QED) is 0.784. The molecular weight excluding hydrogens is 337 g/mol. The molecular formula is C13H17Cl2NO4S. The Kier molecular flexibility index (Phi) is 6.46. The van der Waals surface area contributed by atoms with Crippen LogP contribution in [0.15, 0.2) is 17.0 Å². The largest absolute Gasteiger partial charge is 0.478 e. The molecule has 0 saturated carbocycles. The molecule has 8 heteroatoms. The Bertz CT molecular complexity index is 631. The summed E-state index contributed by atoms with van der Waals surface area (Å²) in [5.41, 5.74) is -0.342. The van der Waals surface area contributed by atoms with E-state index >= 15 is 0 Å². The highest BCUT2D eigenvalue weighted by Gasteiger charge is 2.25. The minimum absolute atomic E-state index is 0.00149. The normalized spacial score (nSPS) is 13.1. The van der Waals surface area contributed by atoms with Crippen molar-refractivity contribution in [3.8, 4) is 0 Å². The number of aromatic carboxylic acids is 1. The summed E-state index contributed by atoms with van der Waals surface area (Å²) in [6.45, 7) is 3.75. The highest BCUT2D eigenvalue weighted by Crippen LogP contribution is 2.29. The molecule has 0 heterocycles. The molecule has 0 fully saturated rings. The first-order valence-electron chi connectivity index (χ1n) is 6.43. The average Bonchev–Trinajstić information content (AvgIpc) is 2.37. The zero-order valence-electron chi connectivity index (χ0n) is 11.7. The molecule has 0 aromatic heterocycles. The lowest BCUT2D eigenvalue weighted by molar-refractivity contribution is 0.0697. The van der Waals surface area contributed by atoms with E-state index in [2.05, 4.69) is 4.72 Å². The van der Waals surface area contributed by atoms with Gasteiger partial charge in [-0.2, -0.15) is 0 Å². The standard InChI is InChI=1S/C13H17Cl2NO4S/c1-3-4-5-8(2)16-21(19,20)11-7-9(14)6-10(12(11)15)13(17)18/h6-8,16H,3-5H2,1-2H3,(H,17,18). The molecule has 0 aliphatic rings. The highest BCUT2D eigenvalue weighted by atomic mass is 35.5. The van der Waals surface area contributed by atoms with E-state index in [-0.39, 0.29) is 26.5 Å². The fourth-order valence-corrected chi connectivity index (χ4v) is 3.99. The van der Waals surface area contributed by atoms with E-state index in [0.717, 1.165) is 25.0 Å². The second kappa shape index (κ2) is 7.45. The Morgan fingerprint density at radius 1 is 1.38 bits per heavy atom. The molecule has 0 saturated heterocycles. The van der Waals surface area contributed by atoms with Crippen LogP contribution in [-0.4, -0.2) is 25.5 Å². The predicted octanol–water partition coefficient (Wildman–Crippen LogP) is 3.55. The Hall–Kier alpha value is -0.820. The van der Waals surface area contributed by atoms with Gasteiger partial charge < -0.3 is 5.11 Å². The number of benzene rings is 1. The SMILES string of the molecule is CCCCC(C)NS(=O)(=O)c1cc(Cl)cc(C(=O)O)c1Cl. The molecule has 5 nitrogen and oxygen atoms in total. The molecule has 118 valence electrons. The summed E-state index contributed by atoms with van der Waals surface area (Å²) in [6, 6.07) is 1.98. The van der Waals surface area contributed by atoms with Crippen LogP contribution >= 0.6 is 23.2 Å². The number of halogens is 2. The van der Waals surface area contributed by atoms with Gasteiger partial charge in [-0.15, -0.1) is 0 Å². The molecule has 0 aliphatic carbocycles. The number of unbranched alkanes of at least 4 members (excludes halogenated alkanes) is 1. The van der Waals surface area contributed by atoms with Gasteiger partial charge in [0.25, 0.3) is 0 Å². The summed E-state index contributed by atoms with van der Waals surface area (Å²) in [6.07, 6.45) is 2.51. The van der Waals surface area contributed by atoms with Crippen molar-refractivity contribution < 1.29 is 18.3 Å². The van der Waals surface area contributed by atoms with E-state index in [1.165, 1.54) is 0 Å². The molecule has 1 aromatic carbocycles. The highest BCUT2D eigenvalue weighted by molar-refractivity contribution is 7.89. The van der Waals surface area contributed by atoms with Gasteiger partial charge in [0.1, 0.15) is 4.90 Å². The van der Waals surface area contributed by atoms with Crippen LogP contribution in [0.4, 0.5) is 0 Å². The van der Waals surface area contributed by atoms with E-state index < -0.39 is 16.0 Å². The van der Waals surface area contributed by atoms with Gasteiger partial charge in [-0.3, -0.25) is 0 Å². The summed E-state index contributed by atoms with van der Waals surface area (Å²) in [7, 11) is -3.93. The van der Waals surface area contributed by atoms with Crippen molar-refractivity contribution in [3.63, 3.8) is 0 Å². The zero-order valence-corrected chi connectivity index (χ0v) is 14.0. The zero-order chi connectivity index (χ0) is 16.2. The molecule has 2 N–H and O–H groups in total. The lowest BCUT2D eigenvalue weighted by atomic mass is 10.2. The van der Waals surface area contributed by atoms with Crippen LogP contribution < -0.4 is 4.72 Å². The molecule has 0 radical (unpaired) electrons. The molecule has 21 heavy (non-hydrogen) atoms. The monoisotopic (exact) mass is 353 g/mol. The van der Waals surface area contributed by atoms with Gasteiger partial charge >= 0.3 is 5.97 Å². The van der Waals surface area contributed by atoms with Crippen LogP contribution in [0, 0.1) is 0 Å². The number of hydrogen-bond donors (Lipinski definition) is 2. The third-order valence-electron chi connectivity index (χ3n) is 2.87. The van der Waals surface area contributed by atoms with Crippen molar-refractivity contribution in [1.29, 1.82) is 0 Å². The Morgan fingerprint density at radius 2 is 2.00 bits per heavy atom. The van der Waals surface area contributed by atoms with E-state index in [1.807, 2.05) is 6.92 Å². The van der Waals surface area contributed by atoms with E-state index in [4.69, 9.17) is 28.3 Å². The van der Waals surface area contributed by atoms with Crippen molar-refractivity contribution >= 4 is 39.2 Å². The first-order valence-corrected chi connectivity index (χ1v) is 8.67. The third kappa shape index (κ3) is 4.85. The van der Waals surface area contributed by atoms with Crippen LogP contribution in [0.5, 0.6) is 0 Å². The lowest BCUT2D eigenvalue weighted by Crippen LogP contribution is -2.32. The number of nitrogens with one attached hydrogen (secondary N) is 1. The molecule has 1 atom stereocenters. The van der Waals surface area contributed by atoms with Crippen molar-refractivity contribution in [2.75, 3.05) is 0 Å². The molecule has 1 aromatic rings. The van der Waals surface area contributed by atoms with Crippen molar-refractivity contribution in [2.45, 2.75) is 44.0 Å². The Balaban J connectivity index is 3.17. The van der Waals surface area contributed by atoms with Crippen LogP contribution in [0.2, 0.25) is 10.0 Å². The maximum atomic E-state index is 12.3. The number of carbonyl (C=O) groups is 1. The van der Waals surface area contributed by atoms with Crippen molar-refractivity contribution in [1.82, 2.24) is 4.72 Å². The smallest absolute Gasteiger partial charge is 0.337 e. The number of rotatable bonds is 7. The maximum Gasteiger partial charge on any atom is 0.337 e. The van der Waals surface area contributed by atoms with Gasteiger partial charge in [0.2, 0.25) is 10.0 Å². The van der Waals surface area contributed by atoms with Gasteiger partial charge in [-0.05, 0) is 25.5 Å². The third-order valence-corrected chi connectivity index (χ3v) is 5.22. The number of carboxylic acid groups (broad SMARTS) is 1. The molecule has 0 spiro atoms. The maximum absolute atomic E-state index is 12.3. The summed E-state index contributed by atoms with van der Waals surface area (Å²) < 4.78 is 27.1. The summed E-state index contributed by atoms with van der Waals surface area (Å²) >= 11 is 11.7. The van der Waals surface area contributed by atoms with Crippen LogP contribution in [0.25, 0.3) is 0 Å².